The second-order valence-electron chi connectivity index (χ2n) is 7.67. The summed E-state index contributed by atoms with van der Waals surface area (Å²) in [6, 6.07) is 5.87. The highest BCUT2D eigenvalue weighted by molar-refractivity contribution is 5.90. The summed E-state index contributed by atoms with van der Waals surface area (Å²) in [7, 11) is 1.59. The number of piperidine rings is 2. The van der Waals surface area contributed by atoms with Crippen LogP contribution >= 0.6 is 0 Å². The first-order chi connectivity index (χ1) is 13.2. The minimum absolute atomic E-state index is 0.277. The number of hydrogen-bond acceptors (Lipinski definition) is 5. The highest BCUT2D eigenvalue weighted by atomic mass is 16.5. The van der Waals surface area contributed by atoms with Crippen LogP contribution in [0.4, 0.5) is 0 Å². The average molecular weight is 376 g/mol. The average Bonchev–Trinajstić information content (AvgIpc) is 2.72. The van der Waals surface area contributed by atoms with Crippen LogP contribution in [0.5, 0.6) is 11.5 Å². The van der Waals surface area contributed by atoms with Crippen molar-refractivity contribution in [2.24, 2.45) is 5.92 Å². The Morgan fingerprint density at radius 2 is 2.00 bits per heavy atom. The van der Waals surface area contributed by atoms with Gasteiger partial charge in [0, 0.05) is 12.0 Å². The Hall–Kier alpha value is -1.75. The largest absolute Gasteiger partial charge is 0.493 e. The second-order valence-corrected chi connectivity index (χ2v) is 7.67. The first kappa shape index (κ1) is 20.0. The molecule has 0 bridgehead atoms. The molecule has 2 atom stereocenters. The molecule has 0 aliphatic carbocycles. The van der Waals surface area contributed by atoms with Crippen LogP contribution in [-0.4, -0.2) is 50.3 Å². The molecule has 5 nitrogen and oxygen atoms in total. The first-order valence-electron chi connectivity index (χ1n) is 10.4. The number of nitrogens with zero attached hydrogens (tertiary/aromatic N) is 1. The molecular weight excluding hydrogens is 342 g/mol. The van der Waals surface area contributed by atoms with Gasteiger partial charge in [-0.05, 0) is 63.4 Å². The minimum atomic E-state index is -0.277. The zero-order valence-electron chi connectivity index (χ0n) is 16.7. The van der Waals surface area contributed by atoms with E-state index in [-0.39, 0.29) is 5.97 Å². The molecule has 0 saturated carbocycles. The van der Waals surface area contributed by atoms with E-state index in [0.717, 1.165) is 19.3 Å². The molecule has 0 spiro atoms. The molecule has 1 aromatic rings. The minimum Gasteiger partial charge on any atom is -0.493 e. The molecule has 0 unspecified atom stereocenters. The van der Waals surface area contributed by atoms with Crippen LogP contribution in [0.1, 0.15) is 62.2 Å². The molecule has 2 fully saturated rings. The van der Waals surface area contributed by atoms with Crippen LogP contribution in [0.3, 0.4) is 0 Å². The summed E-state index contributed by atoms with van der Waals surface area (Å²) in [6.45, 7) is 5.68. The molecule has 0 radical (unpaired) electrons. The number of carbonyl (C=O) groups excluding carboxylic acids is 1. The fraction of sp³-hybridized carbons (Fsp3) is 0.682. The van der Waals surface area contributed by atoms with E-state index in [1.165, 1.54) is 38.8 Å². The lowest BCUT2D eigenvalue weighted by Crippen LogP contribution is -2.49. The third kappa shape index (κ3) is 5.16. The number of hydrogen-bond donors (Lipinski definition) is 0. The van der Waals surface area contributed by atoms with Crippen molar-refractivity contribution in [3.8, 4) is 11.5 Å². The molecule has 2 aliphatic rings. The van der Waals surface area contributed by atoms with E-state index >= 15 is 0 Å². The van der Waals surface area contributed by atoms with E-state index in [2.05, 4.69) is 11.8 Å². The van der Waals surface area contributed by atoms with Gasteiger partial charge in [0.05, 0.1) is 25.9 Å². The van der Waals surface area contributed by atoms with E-state index in [0.29, 0.717) is 42.2 Å². The van der Waals surface area contributed by atoms with Crippen molar-refractivity contribution in [3.05, 3.63) is 23.8 Å². The van der Waals surface area contributed by atoms with E-state index < -0.39 is 0 Å². The maximum Gasteiger partial charge on any atom is 0.338 e. The van der Waals surface area contributed by atoms with Crippen LogP contribution in [0, 0.1) is 5.92 Å². The summed E-state index contributed by atoms with van der Waals surface area (Å²) >= 11 is 0. The normalized spacial score (nSPS) is 22.7. The van der Waals surface area contributed by atoms with Crippen molar-refractivity contribution in [2.45, 2.75) is 57.9 Å². The molecule has 1 aromatic carbocycles. The Labute approximate surface area is 163 Å². The van der Waals surface area contributed by atoms with Gasteiger partial charge in [0.1, 0.15) is 0 Å². The number of methoxy groups -OCH3 is 1. The lowest BCUT2D eigenvalue weighted by Gasteiger charge is -2.44. The van der Waals surface area contributed by atoms with Gasteiger partial charge in [-0.25, -0.2) is 4.79 Å². The summed E-state index contributed by atoms with van der Waals surface area (Å²) in [5.41, 5.74) is 0.519. The Kier molecular flexibility index (Phi) is 7.39. The van der Waals surface area contributed by atoms with E-state index in [4.69, 9.17) is 14.2 Å². The predicted octanol–water partition coefficient (Wildman–Crippen LogP) is 4.30. The summed E-state index contributed by atoms with van der Waals surface area (Å²) in [5.74, 6) is 1.44. The van der Waals surface area contributed by atoms with Gasteiger partial charge in [0.2, 0.25) is 0 Å². The van der Waals surface area contributed by atoms with Crippen LogP contribution in [0.25, 0.3) is 0 Å². The van der Waals surface area contributed by atoms with Crippen molar-refractivity contribution in [3.63, 3.8) is 0 Å². The number of benzene rings is 1. The zero-order valence-corrected chi connectivity index (χ0v) is 16.7. The van der Waals surface area contributed by atoms with Crippen molar-refractivity contribution in [1.29, 1.82) is 0 Å². The number of fused-ring (bicyclic) bond motifs is 1. The molecule has 0 amide bonds. The zero-order chi connectivity index (χ0) is 19.1. The van der Waals surface area contributed by atoms with Crippen molar-refractivity contribution in [1.82, 2.24) is 4.90 Å². The number of carbonyl (C=O) groups is 1. The second kappa shape index (κ2) is 9.98. The lowest BCUT2D eigenvalue weighted by molar-refractivity contribution is 0.00737. The quantitative estimate of drug-likeness (QED) is 0.501. The predicted molar refractivity (Wildman–Crippen MR) is 106 cm³/mol. The third-order valence-electron chi connectivity index (χ3n) is 5.81. The SMILES string of the molecule is CCCCOc1ccc(C(=O)OC[C@H]2CCCN3CCCC[C@H]23)cc1OC. The summed E-state index contributed by atoms with van der Waals surface area (Å²) < 4.78 is 16.8. The maximum absolute atomic E-state index is 12.6. The van der Waals surface area contributed by atoms with Crippen molar-refractivity contribution in [2.75, 3.05) is 33.4 Å². The molecule has 2 saturated heterocycles. The first-order valence-corrected chi connectivity index (χ1v) is 10.4. The molecule has 2 heterocycles. The standard InChI is InChI=1S/C22H33NO4/c1-3-4-14-26-20-11-10-17(15-21(20)25-2)22(24)27-16-18-8-7-13-23-12-6-5-9-19(18)23/h10-11,15,18-19H,3-9,12-14,16H2,1-2H3/t18-,19-/m1/s1. The molecule has 150 valence electrons. The van der Waals surface area contributed by atoms with E-state index in [9.17, 15) is 4.79 Å². The Morgan fingerprint density at radius 1 is 1.15 bits per heavy atom. The van der Waals surface area contributed by atoms with Crippen LogP contribution in [0.2, 0.25) is 0 Å². The van der Waals surface area contributed by atoms with Gasteiger partial charge in [-0.2, -0.15) is 0 Å². The molecule has 3 rings (SSSR count). The monoisotopic (exact) mass is 375 g/mol. The van der Waals surface area contributed by atoms with Crippen LogP contribution in [-0.2, 0) is 4.74 Å². The molecule has 0 N–H and O–H groups in total. The van der Waals surface area contributed by atoms with Crippen LogP contribution < -0.4 is 9.47 Å². The van der Waals surface area contributed by atoms with Gasteiger partial charge in [-0.1, -0.05) is 19.8 Å². The molecule has 2 aliphatic heterocycles. The summed E-state index contributed by atoms with van der Waals surface area (Å²) in [6.07, 6.45) is 8.26. The van der Waals surface area contributed by atoms with E-state index in [1.807, 2.05) is 0 Å². The number of esters is 1. The highest BCUT2D eigenvalue weighted by Gasteiger charge is 2.33. The van der Waals surface area contributed by atoms with Crippen LogP contribution in [0.15, 0.2) is 18.2 Å². The highest BCUT2D eigenvalue weighted by Crippen LogP contribution is 2.32. The molecular formula is C22H33NO4. The molecule has 0 aromatic heterocycles. The lowest BCUT2D eigenvalue weighted by atomic mass is 9.84. The van der Waals surface area contributed by atoms with Gasteiger partial charge >= 0.3 is 5.97 Å². The summed E-state index contributed by atoms with van der Waals surface area (Å²) in [4.78, 5) is 15.1. The van der Waals surface area contributed by atoms with E-state index in [1.54, 1.807) is 25.3 Å². The summed E-state index contributed by atoms with van der Waals surface area (Å²) in [5, 5.41) is 0. The number of rotatable bonds is 8. The number of unbranched alkanes of at least 4 members (excludes halogenated alkanes) is 1. The fourth-order valence-corrected chi connectivity index (χ4v) is 4.28. The van der Waals surface area contributed by atoms with Gasteiger partial charge in [-0.15, -0.1) is 0 Å². The smallest absolute Gasteiger partial charge is 0.338 e. The Morgan fingerprint density at radius 3 is 2.81 bits per heavy atom. The molecule has 5 heteroatoms. The van der Waals surface area contributed by atoms with Gasteiger partial charge in [0.15, 0.2) is 11.5 Å². The topological polar surface area (TPSA) is 48.0 Å². The van der Waals surface area contributed by atoms with Crippen molar-refractivity contribution >= 4 is 5.97 Å². The van der Waals surface area contributed by atoms with Gasteiger partial charge < -0.3 is 14.2 Å². The fourth-order valence-electron chi connectivity index (χ4n) is 4.28. The Bertz CT molecular complexity index is 616. The van der Waals surface area contributed by atoms with Gasteiger partial charge in [0.25, 0.3) is 0 Å². The van der Waals surface area contributed by atoms with Gasteiger partial charge in [-0.3, -0.25) is 4.90 Å². The number of ether oxygens (including phenoxy) is 3. The molecule has 27 heavy (non-hydrogen) atoms. The third-order valence-corrected chi connectivity index (χ3v) is 5.81. The van der Waals surface area contributed by atoms with Crippen molar-refractivity contribution < 1.29 is 19.0 Å². The maximum atomic E-state index is 12.6. The Balaban J connectivity index is 1.57.